The zero-order valence-electron chi connectivity index (χ0n) is 19.5. The summed E-state index contributed by atoms with van der Waals surface area (Å²) in [5, 5.41) is 3.55. The molecule has 1 N–H and O–H groups in total. The zero-order chi connectivity index (χ0) is 24.9. The van der Waals surface area contributed by atoms with Gasteiger partial charge in [-0.2, -0.15) is 0 Å². The summed E-state index contributed by atoms with van der Waals surface area (Å²) in [5.41, 5.74) is 0.679. The number of furan rings is 1. The van der Waals surface area contributed by atoms with Crippen molar-refractivity contribution in [2.75, 3.05) is 18.1 Å². The third-order valence-corrected chi connectivity index (χ3v) is 6.77. The highest BCUT2D eigenvalue weighted by molar-refractivity contribution is 6.11. The quantitative estimate of drug-likeness (QED) is 0.437. The first kappa shape index (κ1) is 21.9. The van der Waals surface area contributed by atoms with Gasteiger partial charge in [-0.3, -0.25) is 19.4 Å². The second kappa shape index (κ2) is 8.27. The van der Waals surface area contributed by atoms with Crippen LogP contribution in [0.25, 0.3) is 11.0 Å². The van der Waals surface area contributed by atoms with E-state index in [1.807, 2.05) is 60.7 Å². The summed E-state index contributed by atoms with van der Waals surface area (Å²) >= 11 is 0. The van der Waals surface area contributed by atoms with Gasteiger partial charge >= 0.3 is 6.03 Å². The molecule has 1 saturated heterocycles. The van der Waals surface area contributed by atoms with Gasteiger partial charge in [0.1, 0.15) is 30.2 Å². The van der Waals surface area contributed by atoms with Gasteiger partial charge in [-0.25, -0.2) is 4.79 Å². The number of carbonyl (C=O) groups is 3. The summed E-state index contributed by atoms with van der Waals surface area (Å²) < 4.78 is 11.8. The Kier molecular flexibility index (Phi) is 5.03. The van der Waals surface area contributed by atoms with E-state index in [4.69, 9.17) is 9.15 Å². The third kappa shape index (κ3) is 3.41. The molecule has 4 aromatic rings. The molecule has 180 valence electrons. The maximum Gasteiger partial charge on any atom is 0.325 e. The van der Waals surface area contributed by atoms with Crippen LogP contribution in [0, 0.1) is 0 Å². The number of ether oxygens (including phenoxy) is 1. The normalized spacial score (nSPS) is 21.3. The maximum atomic E-state index is 13.8. The molecule has 0 bridgehead atoms. The van der Waals surface area contributed by atoms with E-state index in [9.17, 15) is 14.4 Å². The molecular formula is C28H23N3O5. The van der Waals surface area contributed by atoms with Gasteiger partial charge in [-0.05, 0) is 36.8 Å². The smallest absolute Gasteiger partial charge is 0.325 e. The topological polar surface area (TPSA) is 92.1 Å². The molecule has 0 aliphatic carbocycles. The molecule has 8 nitrogen and oxygen atoms in total. The number of para-hydroxylation sites is 3. The number of rotatable bonds is 4. The monoisotopic (exact) mass is 481 g/mol. The first-order valence-corrected chi connectivity index (χ1v) is 11.7. The summed E-state index contributed by atoms with van der Waals surface area (Å²) in [6, 6.07) is 24.9. The van der Waals surface area contributed by atoms with E-state index in [1.165, 1.54) is 0 Å². The van der Waals surface area contributed by atoms with Crippen molar-refractivity contribution in [1.82, 2.24) is 10.2 Å². The minimum atomic E-state index is -1.42. The molecule has 2 aliphatic rings. The molecule has 0 unspecified atom stereocenters. The number of urea groups is 1. The Balaban J connectivity index is 1.32. The van der Waals surface area contributed by atoms with E-state index < -0.39 is 36.0 Å². The molecule has 4 amide bonds. The van der Waals surface area contributed by atoms with Crippen molar-refractivity contribution in [3.63, 3.8) is 0 Å². The predicted molar refractivity (Wildman–Crippen MR) is 132 cm³/mol. The van der Waals surface area contributed by atoms with Crippen LogP contribution in [0.2, 0.25) is 0 Å². The van der Waals surface area contributed by atoms with Crippen molar-refractivity contribution >= 4 is 34.5 Å². The van der Waals surface area contributed by atoms with Gasteiger partial charge in [0.2, 0.25) is 5.91 Å². The largest absolute Gasteiger partial charge is 0.489 e. The number of benzene rings is 3. The lowest BCUT2D eigenvalue weighted by Crippen LogP contribution is -2.48. The van der Waals surface area contributed by atoms with Crippen LogP contribution >= 0.6 is 0 Å². The van der Waals surface area contributed by atoms with Crippen LogP contribution in [0.3, 0.4) is 0 Å². The highest BCUT2D eigenvalue weighted by Gasteiger charge is 2.52. The first-order chi connectivity index (χ1) is 17.5. The molecule has 3 heterocycles. The number of hydrogen-bond donors (Lipinski definition) is 1. The molecule has 8 heteroatoms. The molecule has 2 aliphatic heterocycles. The SMILES string of the molecule is C[C@@]1(c2cc3ccccc3o2)NC(=O)N(CC(=O)N2c3ccccc3OC[C@@H]2c2ccccc2)C1=O. The fourth-order valence-corrected chi connectivity index (χ4v) is 4.87. The number of imide groups is 1. The predicted octanol–water partition coefficient (Wildman–Crippen LogP) is 4.37. The van der Waals surface area contributed by atoms with Crippen molar-refractivity contribution < 1.29 is 23.5 Å². The van der Waals surface area contributed by atoms with Crippen molar-refractivity contribution in [2.45, 2.75) is 18.5 Å². The minimum absolute atomic E-state index is 0.254. The number of carbonyl (C=O) groups excluding carboxylic acids is 3. The van der Waals surface area contributed by atoms with E-state index in [0.717, 1.165) is 15.8 Å². The summed E-state index contributed by atoms with van der Waals surface area (Å²) in [6.07, 6.45) is 0. The van der Waals surface area contributed by atoms with Crippen LogP contribution in [0.1, 0.15) is 24.3 Å². The molecule has 0 saturated carbocycles. The third-order valence-electron chi connectivity index (χ3n) is 6.77. The van der Waals surface area contributed by atoms with Crippen LogP contribution < -0.4 is 15.0 Å². The van der Waals surface area contributed by atoms with E-state index in [-0.39, 0.29) is 6.61 Å². The molecule has 1 aromatic heterocycles. The molecular weight excluding hydrogens is 458 g/mol. The van der Waals surface area contributed by atoms with Crippen molar-refractivity contribution in [2.24, 2.45) is 0 Å². The molecule has 0 spiro atoms. The molecule has 3 aromatic carbocycles. The van der Waals surface area contributed by atoms with Gasteiger partial charge in [0.15, 0.2) is 5.54 Å². The van der Waals surface area contributed by atoms with E-state index in [2.05, 4.69) is 5.32 Å². The second-order valence-electron chi connectivity index (χ2n) is 9.06. The number of nitrogens with zero attached hydrogens (tertiary/aromatic N) is 2. The first-order valence-electron chi connectivity index (χ1n) is 11.7. The lowest BCUT2D eigenvalue weighted by Gasteiger charge is -2.37. The van der Waals surface area contributed by atoms with Gasteiger partial charge in [0, 0.05) is 5.39 Å². The highest BCUT2D eigenvalue weighted by atomic mass is 16.5. The molecule has 6 rings (SSSR count). The molecule has 1 fully saturated rings. The number of nitrogens with one attached hydrogen (secondary N) is 1. The summed E-state index contributed by atoms with van der Waals surface area (Å²) in [4.78, 5) is 42.8. The van der Waals surface area contributed by atoms with E-state index in [0.29, 0.717) is 22.8 Å². The van der Waals surface area contributed by atoms with Gasteiger partial charge < -0.3 is 14.5 Å². The average Bonchev–Trinajstić information content (AvgIpc) is 3.44. The second-order valence-corrected chi connectivity index (χ2v) is 9.06. The van der Waals surface area contributed by atoms with Crippen molar-refractivity contribution in [1.29, 1.82) is 0 Å². The molecule has 2 atom stereocenters. The number of hydrogen-bond acceptors (Lipinski definition) is 5. The number of fused-ring (bicyclic) bond motifs is 2. The van der Waals surface area contributed by atoms with Crippen LogP contribution in [-0.4, -0.2) is 35.9 Å². The maximum absolute atomic E-state index is 13.8. The fraction of sp³-hybridized carbons (Fsp3) is 0.179. The molecule has 36 heavy (non-hydrogen) atoms. The summed E-state index contributed by atoms with van der Waals surface area (Å²) in [6.45, 7) is 1.42. The Hall–Kier alpha value is -4.59. The summed E-state index contributed by atoms with van der Waals surface area (Å²) in [7, 11) is 0. The highest BCUT2D eigenvalue weighted by Crippen LogP contribution is 2.40. The van der Waals surface area contributed by atoms with Crippen molar-refractivity contribution in [3.8, 4) is 5.75 Å². The van der Waals surface area contributed by atoms with Gasteiger partial charge in [-0.15, -0.1) is 0 Å². The van der Waals surface area contributed by atoms with E-state index >= 15 is 0 Å². The van der Waals surface area contributed by atoms with Gasteiger partial charge in [0.05, 0.1) is 11.7 Å². The van der Waals surface area contributed by atoms with Crippen LogP contribution in [0.15, 0.2) is 89.3 Å². The molecule has 0 radical (unpaired) electrons. The zero-order valence-corrected chi connectivity index (χ0v) is 19.5. The Bertz CT molecular complexity index is 1460. The lowest BCUT2D eigenvalue weighted by molar-refractivity contribution is -0.134. The van der Waals surface area contributed by atoms with E-state index in [1.54, 1.807) is 36.1 Å². The number of anilines is 1. The Morgan fingerprint density at radius 3 is 2.53 bits per heavy atom. The lowest BCUT2D eigenvalue weighted by atomic mass is 9.98. The standard InChI is InChI=1S/C28H23N3O5/c1-28(24-15-19-11-5-7-13-22(19)36-24)26(33)30(27(34)29-28)16-25(32)31-20-12-6-8-14-23(20)35-17-21(31)18-9-3-2-4-10-18/h2-15,21H,16-17H2,1H3,(H,29,34)/t21-,28+/m1/s1. The minimum Gasteiger partial charge on any atom is -0.489 e. The number of amides is 4. The van der Waals surface area contributed by atoms with Gasteiger partial charge in [-0.1, -0.05) is 60.7 Å². The Labute approximate surface area is 207 Å². The van der Waals surface area contributed by atoms with Crippen molar-refractivity contribution in [3.05, 3.63) is 96.3 Å². The Morgan fingerprint density at radius 2 is 1.72 bits per heavy atom. The Morgan fingerprint density at radius 1 is 1.00 bits per heavy atom. The van der Waals surface area contributed by atoms with Crippen LogP contribution in [-0.2, 0) is 15.1 Å². The average molecular weight is 482 g/mol. The van der Waals surface area contributed by atoms with Gasteiger partial charge in [0.25, 0.3) is 5.91 Å². The van der Waals surface area contributed by atoms with Crippen LogP contribution in [0.5, 0.6) is 5.75 Å². The fourth-order valence-electron chi connectivity index (χ4n) is 4.87. The summed E-state index contributed by atoms with van der Waals surface area (Å²) in [5.74, 6) is -0.0482. The van der Waals surface area contributed by atoms with Crippen LogP contribution in [0.4, 0.5) is 10.5 Å².